The van der Waals surface area contributed by atoms with Crippen molar-refractivity contribution in [3.63, 3.8) is 0 Å². The number of fused-ring (bicyclic) bond motifs is 2. The van der Waals surface area contributed by atoms with Gasteiger partial charge in [0, 0.05) is 55.2 Å². The molecule has 2 N–H and O–H groups in total. The summed E-state index contributed by atoms with van der Waals surface area (Å²) in [4.78, 5) is 4.80. The molecule has 1 aromatic carbocycles. The lowest BCUT2D eigenvalue weighted by Gasteiger charge is -2.53. The number of halogens is 3. The molecule has 1 aliphatic carbocycles. The third kappa shape index (κ3) is 5.99. The van der Waals surface area contributed by atoms with Gasteiger partial charge in [-0.2, -0.15) is 17.5 Å². The number of morpholine rings is 1. The summed E-state index contributed by atoms with van der Waals surface area (Å²) in [6.07, 6.45) is 1.62. The zero-order valence-electron chi connectivity index (χ0n) is 23.0. The van der Waals surface area contributed by atoms with Crippen LogP contribution in [0.5, 0.6) is 0 Å². The standard InChI is InChI=1S/C28H36F3N3O5S2/c1-26(35)13-21-17-39-18-22(14-26)34(21)16-23-15-32(41(37,38)25-6-4-3-5-24(25)40)11-12-33(23)20-9-7-19(8-10-20)27(2,36)28(29,30)31/h3-4,6-10,21-23,35-36H,5,11-18H2,1-2H3/t21-,22+,23-,26?,27-/m1/s1. The quantitative estimate of drug-likeness (QED) is 0.472. The van der Waals surface area contributed by atoms with Gasteiger partial charge in [-0.3, -0.25) is 4.90 Å². The van der Waals surface area contributed by atoms with Crippen LogP contribution in [0.25, 0.3) is 0 Å². The molecule has 3 aliphatic heterocycles. The Balaban J connectivity index is 1.44. The topological polar surface area (TPSA) is 93.6 Å². The van der Waals surface area contributed by atoms with E-state index in [1.54, 1.807) is 18.2 Å². The maximum absolute atomic E-state index is 13.7. The molecule has 226 valence electrons. The SMILES string of the molecule is CC1(O)C[C@H]2COC[C@@H](C1)N2C[C@H]1CN(S(=O)(=O)C2=CC=CCC2=S)CCN1c1ccc([C@@](C)(O)C(F)(F)F)cc1. The lowest BCUT2D eigenvalue weighted by Crippen LogP contribution is -2.66. The van der Waals surface area contributed by atoms with Crippen LogP contribution in [-0.2, 0) is 20.4 Å². The molecule has 0 amide bonds. The molecule has 3 heterocycles. The molecule has 1 aromatic rings. The number of hydrogen-bond acceptors (Lipinski definition) is 8. The van der Waals surface area contributed by atoms with Gasteiger partial charge in [-0.05, 0) is 50.5 Å². The summed E-state index contributed by atoms with van der Waals surface area (Å²) < 4.78 is 74.9. The minimum Gasteiger partial charge on any atom is -0.390 e. The number of rotatable bonds is 6. The summed E-state index contributed by atoms with van der Waals surface area (Å²) in [6.45, 7) is 4.57. The summed E-state index contributed by atoms with van der Waals surface area (Å²) in [5, 5.41) is 20.9. The predicted octanol–water partition coefficient (Wildman–Crippen LogP) is 3.10. The van der Waals surface area contributed by atoms with Crippen LogP contribution in [0.4, 0.5) is 18.9 Å². The van der Waals surface area contributed by atoms with E-state index in [2.05, 4.69) is 4.90 Å². The van der Waals surface area contributed by atoms with Gasteiger partial charge >= 0.3 is 6.18 Å². The molecule has 8 nitrogen and oxygen atoms in total. The van der Waals surface area contributed by atoms with Crippen molar-refractivity contribution < 1.29 is 36.5 Å². The maximum atomic E-state index is 13.7. The molecule has 41 heavy (non-hydrogen) atoms. The van der Waals surface area contributed by atoms with Gasteiger partial charge in [-0.15, -0.1) is 0 Å². The van der Waals surface area contributed by atoms with Crippen LogP contribution in [0.1, 0.15) is 38.7 Å². The van der Waals surface area contributed by atoms with Gasteiger partial charge in [0.05, 0.1) is 29.8 Å². The smallest absolute Gasteiger partial charge is 0.390 e. The number of aliphatic hydroxyl groups is 2. The lowest BCUT2D eigenvalue weighted by molar-refractivity contribution is -0.258. The van der Waals surface area contributed by atoms with E-state index in [-0.39, 0.29) is 41.7 Å². The van der Waals surface area contributed by atoms with Gasteiger partial charge in [0.2, 0.25) is 10.0 Å². The van der Waals surface area contributed by atoms with E-state index in [0.717, 1.165) is 6.92 Å². The van der Waals surface area contributed by atoms with Crippen LogP contribution >= 0.6 is 12.2 Å². The van der Waals surface area contributed by atoms with Gasteiger partial charge in [0.25, 0.3) is 0 Å². The van der Waals surface area contributed by atoms with E-state index in [1.807, 2.05) is 17.9 Å². The number of benzene rings is 1. The van der Waals surface area contributed by atoms with Crippen molar-refractivity contribution >= 4 is 32.8 Å². The Hall–Kier alpha value is -1.87. The van der Waals surface area contributed by atoms with Gasteiger partial charge in [0.1, 0.15) is 0 Å². The fraction of sp³-hybridized carbons (Fsp3) is 0.607. The summed E-state index contributed by atoms with van der Waals surface area (Å²) in [7, 11) is -3.86. The fourth-order valence-corrected chi connectivity index (χ4v) is 8.47. The Morgan fingerprint density at radius 3 is 2.34 bits per heavy atom. The molecule has 2 bridgehead atoms. The van der Waals surface area contributed by atoms with Crippen molar-refractivity contribution in [3.05, 3.63) is 53.0 Å². The molecule has 4 aliphatic rings. The number of alkyl halides is 3. The lowest BCUT2D eigenvalue weighted by atomic mass is 9.82. The number of allylic oxidation sites excluding steroid dienone is 4. The Kier molecular flexibility index (Phi) is 8.21. The van der Waals surface area contributed by atoms with Crippen molar-refractivity contribution in [1.82, 2.24) is 9.21 Å². The Morgan fingerprint density at radius 1 is 1.12 bits per heavy atom. The average Bonchev–Trinajstić information content (AvgIpc) is 2.88. The second-order valence-electron chi connectivity index (χ2n) is 11.9. The van der Waals surface area contributed by atoms with Gasteiger partial charge < -0.3 is 19.8 Å². The van der Waals surface area contributed by atoms with E-state index in [0.29, 0.717) is 56.1 Å². The minimum absolute atomic E-state index is 0.0469. The summed E-state index contributed by atoms with van der Waals surface area (Å²) in [5.74, 6) is 0. The zero-order chi connectivity index (χ0) is 29.8. The van der Waals surface area contributed by atoms with Crippen molar-refractivity contribution in [1.29, 1.82) is 0 Å². The third-order valence-electron chi connectivity index (χ3n) is 8.67. The number of sulfonamides is 1. The molecule has 3 fully saturated rings. The average molecular weight is 616 g/mol. The summed E-state index contributed by atoms with van der Waals surface area (Å²) in [6, 6.07) is 5.18. The second kappa shape index (κ2) is 11.0. The largest absolute Gasteiger partial charge is 0.421 e. The van der Waals surface area contributed by atoms with Crippen molar-refractivity contribution in [2.75, 3.05) is 44.3 Å². The monoisotopic (exact) mass is 615 g/mol. The minimum atomic E-state index is -4.84. The number of hydrogen-bond donors (Lipinski definition) is 2. The number of piperidine rings is 1. The Bertz CT molecular complexity index is 1310. The molecule has 1 unspecified atom stereocenters. The van der Waals surface area contributed by atoms with Crippen LogP contribution in [-0.4, -0.2) is 102 Å². The highest BCUT2D eigenvalue weighted by molar-refractivity contribution is 7.96. The molecule has 0 saturated carbocycles. The molecule has 5 rings (SSSR count). The molecule has 3 saturated heterocycles. The van der Waals surface area contributed by atoms with Crippen LogP contribution in [0, 0.1) is 0 Å². The van der Waals surface area contributed by atoms with E-state index in [1.165, 1.54) is 22.5 Å². The highest BCUT2D eigenvalue weighted by Crippen LogP contribution is 2.40. The van der Waals surface area contributed by atoms with Gasteiger partial charge in [-0.25, -0.2) is 8.42 Å². The first-order chi connectivity index (χ1) is 19.1. The van der Waals surface area contributed by atoms with Crippen molar-refractivity contribution in [2.24, 2.45) is 0 Å². The molecular formula is C28H36F3N3O5S2. The van der Waals surface area contributed by atoms with Crippen LogP contribution < -0.4 is 4.90 Å². The Morgan fingerprint density at radius 2 is 1.76 bits per heavy atom. The molecular weight excluding hydrogens is 579 g/mol. The third-order valence-corrected chi connectivity index (χ3v) is 11.1. The second-order valence-corrected chi connectivity index (χ2v) is 14.3. The van der Waals surface area contributed by atoms with E-state index < -0.39 is 27.4 Å². The van der Waals surface area contributed by atoms with Crippen molar-refractivity contribution in [2.45, 2.75) is 68.6 Å². The van der Waals surface area contributed by atoms with E-state index >= 15 is 0 Å². The molecule has 5 atom stereocenters. The normalized spacial score (nSPS) is 31.6. The number of ether oxygens (including phenoxy) is 1. The molecule has 13 heteroatoms. The van der Waals surface area contributed by atoms with Crippen LogP contribution in [0.15, 0.2) is 47.4 Å². The first kappa shape index (κ1) is 30.6. The van der Waals surface area contributed by atoms with E-state index in [9.17, 15) is 31.8 Å². The number of nitrogens with zero attached hydrogens (tertiary/aromatic N) is 3. The summed E-state index contributed by atoms with van der Waals surface area (Å²) >= 11 is 5.37. The first-order valence-corrected chi connectivity index (χ1v) is 15.6. The molecule has 0 spiro atoms. The van der Waals surface area contributed by atoms with Crippen molar-refractivity contribution in [3.8, 4) is 0 Å². The molecule has 0 radical (unpaired) electrons. The fourth-order valence-electron chi connectivity index (χ4n) is 6.40. The first-order valence-electron chi connectivity index (χ1n) is 13.7. The van der Waals surface area contributed by atoms with Gasteiger partial charge in [0.15, 0.2) is 5.60 Å². The van der Waals surface area contributed by atoms with Gasteiger partial charge in [-0.1, -0.05) is 36.5 Å². The Labute approximate surface area is 244 Å². The maximum Gasteiger partial charge on any atom is 0.421 e. The van der Waals surface area contributed by atoms with Crippen LogP contribution in [0.3, 0.4) is 0 Å². The molecule has 0 aromatic heterocycles. The number of piperazine rings is 1. The number of anilines is 1. The zero-order valence-corrected chi connectivity index (χ0v) is 24.7. The van der Waals surface area contributed by atoms with E-state index in [4.69, 9.17) is 17.0 Å². The highest BCUT2D eigenvalue weighted by atomic mass is 32.2. The predicted molar refractivity (Wildman–Crippen MR) is 153 cm³/mol. The number of thiocarbonyl (C=S) groups is 1. The highest BCUT2D eigenvalue weighted by Gasteiger charge is 2.51. The van der Waals surface area contributed by atoms with Crippen LogP contribution in [0.2, 0.25) is 0 Å². The summed E-state index contributed by atoms with van der Waals surface area (Å²) in [5.41, 5.74) is -3.46.